The van der Waals surface area contributed by atoms with Gasteiger partial charge in [-0.1, -0.05) is 91.0 Å². The maximum Gasteiger partial charge on any atom is 0.234 e. The van der Waals surface area contributed by atoms with Gasteiger partial charge in [0.25, 0.3) is 0 Å². The van der Waals surface area contributed by atoms with Crippen molar-refractivity contribution in [2.75, 3.05) is 39.3 Å². The standard InChI is InChI=1S/C30H35N3O/c34-30(29(26-12-6-2-7-13-26)27-14-8-3-9-15-27)33-22-20-32(21-23-33)28-16-18-31(19-17-28)24-25-10-4-1-5-11-25/h1-15,28-29H,16-24H2. The third kappa shape index (κ3) is 5.40. The maximum atomic E-state index is 13.7. The first-order valence-electron chi connectivity index (χ1n) is 12.7. The molecule has 4 heteroatoms. The summed E-state index contributed by atoms with van der Waals surface area (Å²) in [6.45, 7) is 6.96. The van der Waals surface area contributed by atoms with Gasteiger partial charge in [-0.2, -0.15) is 0 Å². The smallest absolute Gasteiger partial charge is 0.234 e. The van der Waals surface area contributed by atoms with E-state index in [1.807, 2.05) is 36.4 Å². The first-order valence-corrected chi connectivity index (χ1v) is 12.7. The molecule has 3 aromatic rings. The topological polar surface area (TPSA) is 26.8 Å². The van der Waals surface area contributed by atoms with Gasteiger partial charge < -0.3 is 4.90 Å². The molecule has 2 saturated heterocycles. The largest absolute Gasteiger partial charge is 0.339 e. The lowest BCUT2D eigenvalue weighted by atomic mass is 9.89. The zero-order valence-corrected chi connectivity index (χ0v) is 19.9. The molecule has 0 N–H and O–H groups in total. The van der Waals surface area contributed by atoms with Gasteiger partial charge in [-0.25, -0.2) is 0 Å². The van der Waals surface area contributed by atoms with Gasteiger partial charge in [0, 0.05) is 38.8 Å². The molecule has 0 aliphatic carbocycles. The van der Waals surface area contributed by atoms with Crippen molar-refractivity contribution < 1.29 is 4.79 Å². The van der Waals surface area contributed by atoms with E-state index in [0.29, 0.717) is 6.04 Å². The Labute approximate surface area is 203 Å². The van der Waals surface area contributed by atoms with E-state index in [2.05, 4.69) is 69.3 Å². The highest BCUT2D eigenvalue weighted by Crippen LogP contribution is 2.28. The number of likely N-dealkylation sites (tertiary alicyclic amines) is 1. The average molecular weight is 454 g/mol. The molecule has 2 fully saturated rings. The summed E-state index contributed by atoms with van der Waals surface area (Å²) in [5.74, 6) is 0.00454. The van der Waals surface area contributed by atoms with Crippen LogP contribution in [0.25, 0.3) is 0 Å². The van der Waals surface area contributed by atoms with Crippen molar-refractivity contribution >= 4 is 5.91 Å². The first-order chi connectivity index (χ1) is 16.8. The summed E-state index contributed by atoms with van der Waals surface area (Å²) in [5.41, 5.74) is 3.55. The van der Waals surface area contributed by atoms with Gasteiger partial charge in [-0.05, 0) is 42.6 Å². The molecule has 176 valence electrons. The van der Waals surface area contributed by atoms with E-state index in [1.165, 1.54) is 18.4 Å². The number of nitrogens with zero attached hydrogens (tertiary/aromatic N) is 3. The number of hydrogen-bond donors (Lipinski definition) is 0. The number of piperidine rings is 1. The Morgan fingerprint density at radius 2 is 1.18 bits per heavy atom. The van der Waals surface area contributed by atoms with Gasteiger partial charge in [0.15, 0.2) is 0 Å². The van der Waals surface area contributed by atoms with Crippen molar-refractivity contribution in [1.29, 1.82) is 0 Å². The fourth-order valence-electron chi connectivity index (χ4n) is 5.54. The second kappa shape index (κ2) is 11.0. The molecular formula is C30H35N3O. The molecule has 0 saturated carbocycles. The van der Waals surface area contributed by atoms with Crippen LogP contribution in [0.15, 0.2) is 91.0 Å². The average Bonchev–Trinajstić information content (AvgIpc) is 2.91. The molecule has 0 bridgehead atoms. The molecule has 0 aromatic heterocycles. The highest BCUT2D eigenvalue weighted by atomic mass is 16.2. The van der Waals surface area contributed by atoms with Gasteiger partial charge in [-0.15, -0.1) is 0 Å². The van der Waals surface area contributed by atoms with Crippen LogP contribution in [0.4, 0.5) is 0 Å². The molecule has 0 radical (unpaired) electrons. The summed E-state index contributed by atoms with van der Waals surface area (Å²) in [6, 6.07) is 31.9. The molecule has 2 heterocycles. The minimum Gasteiger partial charge on any atom is -0.339 e. The Kier molecular flexibility index (Phi) is 7.37. The lowest BCUT2D eigenvalue weighted by molar-refractivity contribution is -0.134. The molecule has 2 aliphatic rings. The Morgan fingerprint density at radius 3 is 1.71 bits per heavy atom. The molecule has 3 aromatic carbocycles. The Bertz CT molecular complexity index is 985. The van der Waals surface area contributed by atoms with Crippen molar-refractivity contribution in [1.82, 2.24) is 14.7 Å². The zero-order chi connectivity index (χ0) is 23.2. The van der Waals surface area contributed by atoms with Crippen molar-refractivity contribution in [3.8, 4) is 0 Å². The third-order valence-corrected chi connectivity index (χ3v) is 7.46. The Morgan fingerprint density at radius 1 is 0.676 bits per heavy atom. The van der Waals surface area contributed by atoms with Crippen LogP contribution >= 0.6 is 0 Å². The summed E-state index contributed by atoms with van der Waals surface area (Å²) in [4.78, 5) is 21.0. The van der Waals surface area contributed by atoms with Gasteiger partial charge in [0.05, 0.1) is 5.92 Å². The normalized spacial score (nSPS) is 18.3. The summed E-state index contributed by atoms with van der Waals surface area (Å²) in [6.07, 6.45) is 2.44. The highest BCUT2D eigenvalue weighted by molar-refractivity contribution is 5.87. The van der Waals surface area contributed by atoms with Crippen LogP contribution in [0, 0.1) is 0 Å². The van der Waals surface area contributed by atoms with Crippen molar-refractivity contribution in [3.63, 3.8) is 0 Å². The van der Waals surface area contributed by atoms with E-state index in [-0.39, 0.29) is 11.8 Å². The lowest BCUT2D eigenvalue weighted by Gasteiger charge is -2.43. The van der Waals surface area contributed by atoms with E-state index in [4.69, 9.17) is 0 Å². The molecule has 0 spiro atoms. The molecule has 34 heavy (non-hydrogen) atoms. The van der Waals surface area contributed by atoms with Gasteiger partial charge >= 0.3 is 0 Å². The monoisotopic (exact) mass is 453 g/mol. The quantitative estimate of drug-likeness (QED) is 0.545. The SMILES string of the molecule is O=C(C(c1ccccc1)c1ccccc1)N1CCN(C2CCN(Cc3ccccc3)CC2)CC1. The Balaban J connectivity index is 1.17. The number of amides is 1. The van der Waals surface area contributed by atoms with Crippen LogP contribution in [-0.4, -0.2) is 65.9 Å². The molecule has 0 atom stereocenters. The number of benzene rings is 3. The minimum atomic E-state index is -0.227. The van der Waals surface area contributed by atoms with E-state index in [9.17, 15) is 4.79 Å². The lowest BCUT2D eigenvalue weighted by Crippen LogP contribution is -2.55. The molecule has 0 unspecified atom stereocenters. The van der Waals surface area contributed by atoms with E-state index in [0.717, 1.165) is 56.9 Å². The van der Waals surface area contributed by atoms with Crippen LogP contribution in [0.5, 0.6) is 0 Å². The fraction of sp³-hybridized carbons (Fsp3) is 0.367. The van der Waals surface area contributed by atoms with E-state index in [1.54, 1.807) is 0 Å². The summed E-state index contributed by atoms with van der Waals surface area (Å²) in [7, 11) is 0. The summed E-state index contributed by atoms with van der Waals surface area (Å²) >= 11 is 0. The van der Waals surface area contributed by atoms with Gasteiger partial charge in [-0.3, -0.25) is 14.6 Å². The zero-order valence-electron chi connectivity index (χ0n) is 19.9. The number of carbonyl (C=O) groups excluding carboxylic acids is 1. The van der Waals surface area contributed by atoms with Gasteiger partial charge in [0.1, 0.15) is 0 Å². The third-order valence-electron chi connectivity index (χ3n) is 7.46. The van der Waals surface area contributed by atoms with Crippen LogP contribution in [0.1, 0.15) is 35.4 Å². The first kappa shape index (κ1) is 22.8. The van der Waals surface area contributed by atoms with Crippen LogP contribution in [0.2, 0.25) is 0 Å². The number of hydrogen-bond acceptors (Lipinski definition) is 3. The van der Waals surface area contributed by atoms with E-state index < -0.39 is 0 Å². The maximum absolute atomic E-state index is 13.7. The minimum absolute atomic E-state index is 0.227. The second-order valence-corrected chi connectivity index (χ2v) is 9.61. The molecule has 2 aliphatic heterocycles. The van der Waals surface area contributed by atoms with E-state index >= 15 is 0 Å². The predicted molar refractivity (Wildman–Crippen MR) is 138 cm³/mol. The van der Waals surface area contributed by atoms with Crippen LogP contribution < -0.4 is 0 Å². The predicted octanol–water partition coefficient (Wildman–Crippen LogP) is 4.63. The van der Waals surface area contributed by atoms with Crippen molar-refractivity contribution in [2.24, 2.45) is 0 Å². The molecule has 1 amide bonds. The number of carbonyl (C=O) groups is 1. The number of rotatable bonds is 6. The summed E-state index contributed by atoms with van der Waals surface area (Å²) in [5, 5.41) is 0. The van der Waals surface area contributed by atoms with Crippen molar-refractivity contribution in [2.45, 2.75) is 31.3 Å². The molecular weight excluding hydrogens is 418 g/mol. The van der Waals surface area contributed by atoms with Crippen LogP contribution in [0.3, 0.4) is 0 Å². The second-order valence-electron chi connectivity index (χ2n) is 9.61. The van der Waals surface area contributed by atoms with Gasteiger partial charge in [0.2, 0.25) is 5.91 Å². The van der Waals surface area contributed by atoms with Crippen LogP contribution in [-0.2, 0) is 11.3 Å². The molecule has 5 rings (SSSR count). The Hall–Kier alpha value is -2.95. The number of piperazine rings is 1. The highest BCUT2D eigenvalue weighted by Gasteiger charge is 2.32. The molecule has 4 nitrogen and oxygen atoms in total. The summed E-state index contributed by atoms with van der Waals surface area (Å²) < 4.78 is 0. The fourth-order valence-corrected chi connectivity index (χ4v) is 5.54. The van der Waals surface area contributed by atoms with Crippen molar-refractivity contribution in [3.05, 3.63) is 108 Å².